The summed E-state index contributed by atoms with van der Waals surface area (Å²) in [6.45, 7) is 3.65. The third kappa shape index (κ3) is 7.26. The molecule has 4 heterocycles. The summed E-state index contributed by atoms with van der Waals surface area (Å²) >= 11 is 14.6. The number of fused-ring (bicyclic) bond motifs is 2. The van der Waals surface area contributed by atoms with E-state index in [1.54, 1.807) is 18.8 Å². The van der Waals surface area contributed by atoms with Crippen LogP contribution in [0.15, 0.2) is 45.7 Å². The number of nitrogens with zero attached hydrogens (tertiary/aromatic N) is 9. The van der Waals surface area contributed by atoms with E-state index in [1.165, 1.54) is 53.9 Å². The van der Waals surface area contributed by atoms with Crippen molar-refractivity contribution >= 4 is 45.1 Å². The number of anilines is 1. The van der Waals surface area contributed by atoms with Gasteiger partial charge in [0.2, 0.25) is 4.73 Å². The molecule has 2 aliphatic rings. The SMILES string of the molecule is Cc1noc(N2C[C@H]3CC[C@@H](C2)C3Cc2nc(Oc3ccc(F)c(Cl)c3)n(C)n2)n1.Cn1nc(Br)nc1Oc1ccc(F)c(Cl)c1. The second kappa shape index (κ2) is 13.5. The zero-order chi connectivity index (χ0) is 32.5. The fourth-order valence-corrected chi connectivity index (χ4v) is 6.50. The fraction of sp³-hybridized carbons (Fsp3) is 0.379. The summed E-state index contributed by atoms with van der Waals surface area (Å²) in [5.41, 5.74) is 0. The molecule has 7 rings (SSSR count). The lowest BCUT2D eigenvalue weighted by Crippen LogP contribution is -2.43. The number of ether oxygens (including phenoxy) is 2. The van der Waals surface area contributed by atoms with Crippen LogP contribution in [0.3, 0.4) is 0 Å². The predicted molar refractivity (Wildman–Crippen MR) is 167 cm³/mol. The van der Waals surface area contributed by atoms with E-state index in [0.717, 1.165) is 25.3 Å². The highest BCUT2D eigenvalue weighted by molar-refractivity contribution is 9.10. The summed E-state index contributed by atoms with van der Waals surface area (Å²) in [4.78, 5) is 15.1. The standard InChI is InChI=1S/C20H22ClFN6O2.C9H6BrClFN3O/c1-11-23-20(30-26-11)28-9-12-3-4-13(10-28)15(12)8-18-24-19(27(2)25-18)29-14-5-6-17(22)16(21)7-14;1-15-9(13-8(10)14-15)16-5-2-3-7(12)6(11)4-5/h5-7,12-13,15H,3-4,8-10H2,1-2H3;2-4H,1H3/t12-,13+,15?;. The maximum Gasteiger partial charge on any atom is 0.324 e. The molecule has 1 unspecified atom stereocenters. The molecule has 3 atom stereocenters. The second-order valence-electron chi connectivity index (χ2n) is 11.1. The number of halogens is 5. The van der Waals surface area contributed by atoms with Crippen LogP contribution in [0.1, 0.15) is 24.5 Å². The highest BCUT2D eigenvalue weighted by atomic mass is 79.9. The number of rotatable bonds is 7. The first-order chi connectivity index (χ1) is 22.0. The van der Waals surface area contributed by atoms with Gasteiger partial charge in [0, 0.05) is 45.7 Å². The van der Waals surface area contributed by atoms with Crippen molar-refractivity contribution < 1.29 is 22.8 Å². The third-order valence-corrected chi connectivity index (χ3v) is 8.81. The van der Waals surface area contributed by atoms with E-state index in [9.17, 15) is 8.78 Å². The van der Waals surface area contributed by atoms with Gasteiger partial charge in [0.15, 0.2) is 11.6 Å². The molecule has 1 saturated heterocycles. The molecule has 0 amide bonds. The van der Waals surface area contributed by atoms with E-state index in [2.05, 4.69) is 51.1 Å². The molecule has 0 spiro atoms. The highest BCUT2D eigenvalue weighted by Gasteiger charge is 2.43. The Bertz CT molecular complexity index is 1840. The van der Waals surface area contributed by atoms with Gasteiger partial charge in [-0.1, -0.05) is 28.4 Å². The van der Waals surface area contributed by atoms with Crippen LogP contribution in [0.5, 0.6) is 23.5 Å². The summed E-state index contributed by atoms with van der Waals surface area (Å²) in [6.07, 6.45) is 3.17. The van der Waals surface area contributed by atoms with Crippen LogP contribution < -0.4 is 14.4 Å². The lowest BCUT2D eigenvalue weighted by molar-refractivity contribution is 0.254. The van der Waals surface area contributed by atoms with Gasteiger partial charge in [-0.25, -0.2) is 18.1 Å². The van der Waals surface area contributed by atoms with Gasteiger partial charge in [-0.15, -0.1) is 5.10 Å². The van der Waals surface area contributed by atoms with Gasteiger partial charge in [-0.2, -0.15) is 20.1 Å². The molecule has 3 aromatic heterocycles. The molecule has 1 saturated carbocycles. The average molecular weight is 739 g/mol. The zero-order valence-corrected chi connectivity index (χ0v) is 28.0. The molecule has 0 N–H and O–H groups in total. The minimum absolute atomic E-state index is 0.00117. The number of aryl methyl sites for hydroxylation is 3. The second-order valence-corrected chi connectivity index (χ2v) is 12.6. The maximum absolute atomic E-state index is 13.4. The smallest absolute Gasteiger partial charge is 0.324 e. The molecule has 46 heavy (non-hydrogen) atoms. The lowest BCUT2D eigenvalue weighted by atomic mass is 9.82. The first-order valence-electron chi connectivity index (χ1n) is 14.3. The van der Waals surface area contributed by atoms with Crippen molar-refractivity contribution in [3.8, 4) is 23.5 Å². The average Bonchev–Trinajstić information content (AvgIpc) is 3.74. The van der Waals surface area contributed by atoms with Crippen LogP contribution >= 0.6 is 39.1 Å². The van der Waals surface area contributed by atoms with Crippen molar-refractivity contribution in [3.63, 3.8) is 0 Å². The Morgan fingerprint density at radius 1 is 0.870 bits per heavy atom. The molecule has 1 aliphatic heterocycles. The van der Waals surface area contributed by atoms with E-state index in [1.807, 2.05) is 6.92 Å². The monoisotopic (exact) mass is 737 g/mol. The number of benzene rings is 2. The molecule has 5 aromatic rings. The number of aromatic nitrogens is 8. The summed E-state index contributed by atoms with van der Waals surface area (Å²) in [6, 6.07) is 9.55. The quantitative estimate of drug-likeness (QED) is 0.173. The normalized spacial score (nSPS) is 18.8. The molecule has 1 aliphatic carbocycles. The third-order valence-electron chi connectivity index (χ3n) is 7.90. The molecule has 17 heteroatoms. The van der Waals surface area contributed by atoms with Gasteiger partial charge in [0.25, 0.3) is 0 Å². The van der Waals surface area contributed by atoms with Crippen molar-refractivity contribution in [2.24, 2.45) is 31.8 Å². The van der Waals surface area contributed by atoms with Gasteiger partial charge in [-0.3, -0.25) is 0 Å². The Labute approximate surface area is 280 Å². The molecule has 0 radical (unpaired) electrons. The van der Waals surface area contributed by atoms with Crippen LogP contribution in [0.25, 0.3) is 0 Å². The Hall–Kier alpha value is -3.82. The van der Waals surface area contributed by atoms with Crippen LogP contribution in [0.4, 0.5) is 14.8 Å². The lowest BCUT2D eigenvalue weighted by Gasteiger charge is -2.36. The molecular formula is C29H28BrCl2F2N9O3. The Morgan fingerprint density at radius 3 is 1.93 bits per heavy atom. The topological polar surface area (TPSA) is 122 Å². The largest absolute Gasteiger partial charge is 0.424 e. The minimum Gasteiger partial charge on any atom is -0.424 e. The van der Waals surface area contributed by atoms with Crippen molar-refractivity contribution in [3.05, 3.63) is 74.5 Å². The molecular weight excluding hydrogens is 711 g/mol. The maximum atomic E-state index is 13.4. The minimum atomic E-state index is -0.492. The van der Waals surface area contributed by atoms with Gasteiger partial charge in [-0.05, 0) is 77.7 Å². The van der Waals surface area contributed by atoms with Crippen molar-refractivity contribution in [2.75, 3.05) is 18.0 Å². The van der Waals surface area contributed by atoms with E-state index in [4.69, 9.17) is 37.2 Å². The Morgan fingerprint density at radius 2 is 1.43 bits per heavy atom. The summed E-state index contributed by atoms with van der Waals surface area (Å²) in [5.74, 6) is 2.85. The summed E-state index contributed by atoms with van der Waals surface area (Å²) in [7, 11) is 3.46. The van der Waals surface area contributed by atoms with E-state index in [0.29, 0.717) is 51.8 Å². The molecule has 2 bridgehead atoms. The van der Waals surface area contributed by atoms with E-state index >= 15 is 0 Å². The summed E-state index contributed by atoms with van der Waals surface area (Å²) in [5, 5.41) is 12.4. The Balaban J connectivity index is 0.000000196. The first-order valence-corrected chi connectivity index (χ1v) is 15.8. The summed E-state index contributed by atoms with van der Waals surface area (Å²) < 4.78 is 46.2. The van der Waals surface area contributed by atoms with Gasteiger partial charge >= 0.3 is 18.0 Å². The Kier molecular flexibility index (Phi) is 9.43. The van der Waals surface area contributed by atoms with Crippen LogP contribution in [-0.2, 0) is 20.5 Å². The predicted octanol–water partition coefficient (Wildman–Crippen LogP) is 6.96. The van der Waals surface area contributed by atoms with E-state index in [-0.39, 0.29) is 16.1 Å². The van der Waals surface area contributed by atoms with Crippen molar-refractivity contribution in [2.45, 2.75) is 26.2 Å². The van der Waals surface area contributed by atoms with Crippen molar-refractivity contribution in [1.29, 1.82) is 0 Å². The number of piperidine rings is 1. The van der Waals surface area contributed by atoms with Crippen LogP contribution in [-0.4, -0.2) is 52.8 Å². The van der Waals surface area contributed by atoms with Crippen LogP contribution in [0, 0.1) is 36.3 Å². The molecule has 12 nitrogen and oxygen atoms in total. The first kappa shape index (κ1) is 32.1. The van der Waals surface area contributed by atoms with Gasteiger partial charge in [0.1, 0.15) is 23.1 Å². The van der Waals surface area contributed by atoms with Crippen LogP contribution in [0.2, 0.25) is 10.0 Å². The number of hydrogen-bond donors (Lipinski definition) is 0. The zero-order valence-electron chi connectivity index (χ0n) is 24.9. The van der Waals surface area contributed by atoms with Gasteiger partial charge in [0.05, 0.1) is 10.0 Å². The highest BCUT2D eigenvalue weighted by Crippen LogP contribution is 2.44. The fourth-order valence-electron chi connectivity index (χ4n) is 5.77. The van der Waals surface area contributed by atoms with Crippen molar-refractivity contribution in [1.82, 2.24) is 39.7 Å². The molecule has 242 valence electrons. The number of hydrogen-bond acceptors (Lipinski definition) is 10. The molecule has 2 aromatic carbocycles. The van der Waals surface area contributed by atoms with E-state index < -0.39 is 11.6 Å². The molecule has 2 fully saturated rings. The van der Waals surface area contributed by atoms with Gasteiger partial charge < -0.3 is 18.9 Å².